The van der Waals surface area contributed by atoms with Crippen molar-refractivity contribution in [3.05, 3.63) is 0 Å². The summed E-state index contributed by atoms with van der Waals surface area (Å²) in [7, 11) is 0. The zero-order valence-corrected chi connectivity index (χ0v) is 9.84. The van der Waals surface area contributed by atoms with E-state index in [4.69, 9.17) is 5.73 Å². The first-order valence-electron chi connectivity index (χ1n) is 6.18. The number of hydrogen-bond donors (Lipinski definition) is 1. The van der Waals surface area contributed by atoms with Gasteiger partial charge in [0.1, 0.15) is 0 Å². The average Bonchev–Trinajstić information content (AvgIpc) is 2.63. The van der Waals surface area contributed by atoms with Crippen molar-refractivity contribution in [3.8, 4) is 0 Å². The van der Waals surface area contributed by atoms with Crippen LogP contribution in [0.25, 0.3) is 0 Å². The highest BCUT2D eigenvalue weighted by molar-refractivity contribution is 4.75. The van der Waals surface area contributed by atoms with Gasteiger partial charge in [-0.2, -0.15) is 0 Å². The van der Waals surface area contributed by atoms with Crippen molar-refractivity contribution in [1.82, 2.24) is 4.90 Å². The Hall–Kier alpha value is -0.0800. The lowest BCUT2D eigenvalue weighted by molar-refractivity contribution is 0.296. The Morgan fingerprint density at radius 3 is 2.93 bits per heavy atom. The molecule has 0 amide bonds. The molecule has 0 saturated carbocycles. The van der Waals surface area contributed by atoms with Crippen LogP contribution in [0.15, 0.2) is 0 Å². The summed E-state index contributed by atoms with van der Waals surface area (Å²) in [6.45, 7) is 9.30. The van der Waals surface area contributed by atoms with Gasteiger partial charge in [0.05, 0.1) is 0 Å². The van der Waals surface area contributed by atoms with Crippen LogP contribution in [0.1, 0.15) is 39.5 Å². The molecule has 0 aromatic carbocycles. The summed E-state index contributed by atoms with van der Waals surface area (Å²) in [6, 6.07) is 0. The Kier molecular flexibility index (Phi) is 5.49. The van der Waals surface area contributed by atoms with Gasteiger partial charge in [-0.3, -0.25) is 0 Å². The highest BCUT2D eigenvalue weighted by atomic mass is 15.1. The fourth-order valence-electron chi connectivity index (χ4n) is 2.28. The second kappa shape index (κ2) is 6.41. The topological polar surface area (TPSA) is 29.3 Å². The third-order valence-corrected chi connectivity index (χ3v) is 3.41. The van der Waals surface area contributed by atoms with E-state index in [-0.39, 0.29) is 0 Å². The van der Waals surface area contributed by atoms with Crippen molar-refractivity contribution >= 4 is 0 Å². The third kappa shape index (κ3) is 3.97. The smallest absolute Gasteiger partial charge is 0.00101 e. The minimum absolute atomic E-state index is 0.695. The Bertz CT molecular complexity index is 147. The molecule has 2 unspecified atom stereocenters. The van der Waals surface area contributed by atoms with E-state index in [9.17, 15) is 0 Å². The van der Waals surface area contributed by atoms with Gasteiger partial charge in [-0.25, -0.2) is 0 Å². The van der Waals surface area contributed by atoms with Gasteiger partial charge in [-0.05, 0) is 50.7 Å². The molecule has 2 N–H and O–H groups in total. The first-order valence-corrected chi connectivity index (χ1v) is 6.18. The van der Waals surface area contributed by atoms with E-state index in [1.807, 2.05) is 0 Å². The summed E-state index contributed by atoms with van der Waals surface area (Å²) in [6.07, 6.45) is 5.46. The zero-order chi connectivity index (χ0) is 10.4. The summed E-state index contributed by atoms with van der Waals surface area (Å²) in [5, 5.41) is 0. The predicted molar refractivity (Wildman–Crippen MR) is 62.3 cm³/mol. The molecule has 1 fully saturated rings. The van der Waals surface area contributed by atoms with E-state index >= 15 is 0 Å². The molecule has 14 heavy (non-hydrogen) atoms. The quantitative estimate of drug-likeness (QED) is 0.708. The van der Waals surface area contributed by atoms with E-state index in [1.165, 1.54) is 45.3 Å². The van der Waals surface area contributed by atoms with Crippen molar-refractivity contribution < 1.29 is 0 Å². The fourth-order valence-corrected chi connectivity index (χ4v) is 2.28. The summed E-state index contributed by atoms with van der Waals surface area (Å²) < 4.78 is 0. The molecule has 0 aromatic heterocycles. The first kappa shape index (κ1) is 12.0. The maximum Gasteiger partial charge on any atom is 0.00101 e. The Labute approximate surface area is 88.8 Å². The molecular weight excluding hydrogens is 172 g/mol. The van der Waals surface area contributed by atoms with Crippen LogP contribution in [-0.2, 0) is 0 Å². The molecule has 2 atom stereocenters. The number of rotatable bonds is 6. The lowest BCUT2D eigenvalue weighted by Gasteiger charge is -2.17. The first-order chi connectivity index (χ1) is 6.76. The van der Waals surface area contributed by atoms with Crippen LogP contribution in [0.3, 0.4) is 0 Å². The summed E-state index contributed by atoms with van der Waals surface area (Å²) in [5.41, 5.74) is 5.61. The standard InChI is InChI=1S/C12H26N2/c1-3-4-12-6-8-14(10-12)7-5-11(2)9-13/h11-12H,3-10,13H2,1-2H3. The van der Waals surface area contributed by atoms with Crippen molar-refractivity contribution in [3.63, 3.8) is 0 Å². The largest absolute Gasteiger partial charge is 0.330 e. The Morgan fingerprint density at radius 2 is 2.29 bits per heavy atom. The Balaban J connectivity index is 2.09. The summed E-state index contributed by atoms with van der Waals surface area (Å²) >= 11 is 0. The maximum absolute atomic E-state index is 5.61. The average molecular weight is 198 g/mol. The predicted octanol–water partition coefficient (Wildman–Crippen LogP) is 2.09. The van der Waals surface area contributed by atoms with Gasteiger partial charge in [0.2, 0.25) is 0 Å². The lowest BCUT2D eigenvalue weighted by Crippen LogP contribution is -2.25. The molecule has 0 radical (unpaired) electrons. The van der Waals surface area contributed by atoms with Crippen LogP contribution >= 0.6 is 0 Å². The molecule has 1 rings (SSSR count). The van der Waals surface area contributed by atoms with Crippen LogP contribution in [0.5, 0.6) is 0 Å². The molecule has 0 aromatic rings. The zero-order valence-electron chi connectivity index (χ0n) is 9.84. The number of likely N-dealkylation sites (tertiary alicyclic amines) is 1. The number of nitrogens with zero attached hydrogens (tertiary/aromatic N) is 1. The molecule has 1 aliphatic rings. The monoisotopic (exact) mass is 198 g/mol. The summed E-state index contributed by atoms with van der Waals surface area (Å²) in [4.78, 5) is 2.62. The molecule has 84 valence electrons. The van der Waals surface area contributed by atoms with Crippen molar-refractivity contribution in [2.45, 2.75) is 39.5 Å². The molecule has 0 spiro atoms. The van der Waals surface area contributed by atoms with Gasteiger partial charge in [0.15, 0.2) is 0 Å². The molecular formula is C12H26N2. The van der Waals surface area contributed by atoms with Crippen LogP contribution in [0.2, 0.25) is 0 Å². The van der Waals surface area contributed by atoms with Gasteiger partial charge in [-0.1, -0.05) is 20.3 Å². The van der Waals surface area contributed by atoms with Gasteiger partial charge >= 0.3 is 0 Å². The van der Waals surface area contributed by atoms with E-state index in [0.717, 1.165) is 12.5 Å². The van der Waals surface area contributed by atoms with Crippen molar-refractivity contribution in [2.75, 3.05) is 26.2 Å². The van der Waals surface area contributed by atoms with E-state index in [0.29, 0.717) is 5.92 Å². The van der Waals surface area contributed by atoms with Crippen LogP contribution in [0.4, 0.5) is 0 Å². The minimum Gasteiger partial charge on any atom is -0.330 e. The van der Waals surface area contributed by atoms with E-state index < -0.39 is 0 Å². The van der Waals surface area contributed by atoms with Gasteiger partial charge in [0, 0.05) is 6.54 Å². The van der Waals surface area contributed by atoms with Gasteiger partial charge in [0.25, 0.3) is 0 Å². The number of nitrogens with two attached hydrogens (primary N) is 1. The maximum atomic E-state index is 5.61. The highest BCUT2D eigenvalue weighted by Crippen LogP contribution is 2.21. The highest BCUT2D eigenvalue weighted by Gasteiger charge is 2.21. The fraction of sp³-hybridized carbons (Fsp3) is 1.00. The van der Waals surface area contributed by atoms with Gasteiger partial charge in [-0.15, -0.1) is 0 Å². The normalized spacial score (nSPS) is 25.5. The van der Waals surface area contributed by atoms with Crippen LogP contribution < -0.4 is 5.73 Å². The van der Waals surface area contributed by atoms with Crippen LogP contribution in [-0.4, -0.2) is 31.1 Å². The molecule has 1 aliphatic heterocycles. The Morgan fingerprint density at radius 1 is 1.50 bits per heavy atom. The van der Waals surface area contributed by atoms with E-state index in [1.54, 1.807) is 0 Å². The van der Waals surface area contributed by atoms with E-state index in [2.05, 4.69) is 18.7 Å². The van der Waals surface area contributed by atoms with Crippen molar-refractivity contribution in [1.29, 1.82) is 0 Å². The second-order valence-corrected chi connectivity index (χ2v) is 4.87. The SMILES string of the molecule is CCCC1CCN(CCC(C)CN)C1. The molecule has 0 bridgehead atoms. The molecule has 2 heteroatoms. The number of hydrogen-bond acceptors (Lipinski definition) is 2. The van der Waals surface area contributed by atoms with Gasteiger partial charge < -0.3 is 10.6 Å². The minimum atomic E-state index is 0.695. The van der Waals surface area contributed by atoms with Crippen LogP contribution in [0, 0.1) is 11.8 Å². The molecule has 1 saturated heterocycles. The summed E-state index contributed by atoms with van der Waals surface area (Å²) in [5.74, 6) is 1.67. The second-order valence-electron chi connectivity index (χ2n) is 4.87. The third-order valence-electron chi connectivity index (χ3n) is 3.41. The molecule has 2 nitrogen and oxygen atoms in total. The lowest BCUT2D eigenvalue weighted by atomic mass is 10.0. The molecule has 0 aliphatic carbocycles. The van der Waals surface area contributed by atoms with Crippen molar-refractivity contribution in [2.24, 2.45) is 17.6 Å². The molecule has 1 heterocycles.